The van der Waals surface area contributed by atoms with Crippen LogP contribution in [0.15, 0.2) is 24.3 Å². The molecule has 1 heterocycles. The second kappa shape index (κ2) is 7.11. The molecule has 98 valence electrons. The minimum atomic E-state index is 0.883. The Morgan fingerprint density at radius 2 is 2.00 bits per heavy atom. The average Bonchev–Trinajstić information content (AvgIpc) is 2.81. The number of fused-ring (bicyclic) bond motifs is 1. The van der Waals surface area contributed by atoms with Crippen molar-refractivity contribution < 1.29 is 0 Å². The monoisotopic (exact) mass is 246 g/mol. The van der Waals surface area contributed by atoms with E-state index in [2.05, 4.69) is 28.6 Å². The summed E-state index contributed by atoms with van der Waals surface area (Å²) < 4.78 is 1.97. The van der Waals surface area contributed by atoms with Crippen LogP contribution < -0.4 is 5.32 Å². The molecule has 0 amide bonds. The Morgan fingerprint density at radius 3 is 2.89 bits per heavy atom. The van der Waals surface area contributed by atoms with E-state index in [-0.39, 0.29) is 0 Å². The van der Waals surface area contributed by atoms with Crippen LogP contribution in [0.2, 0.25) is 0 Å². The third-order valence-corrected chi connectivity index (χ3v) is 3.13. The molecule has 0 aliphatic rings. The van der Waals surface area contributed by atoms with Crippen LogP contribution in [0.3, 0.4) is 0 Å². The van der Waals surface area contributed by atoms with Crippen molar-refractivity contribution >= 4 is 11.0 Å². The van der Waals surface area contributed by atoms with Crippen molar-refractivity contribution in [3.8, 4) is 0 Å². The second-order valence-corrected chi connectivity index (χ2v) is 4.61. The molecule has 0 saturated heterocycles. The van der Waals surface area contributed by atoms with Crippen molar-refractivity contribution in [2.45, 2.75) is 39.2 Å². The fourth-order valence-corrected chi connectivity index (χ4v) is 2.07. The molecule has 18 heavy (non-hydrogen) atoms. The summed E-state index contributed by atoms with van der Waals surface area (Å²) in [6, 6.07) is 8.08. The second-order valence-electron chi connectivity index (χ2n) is 4.61. The molecule has 0 aliphatic carbocycles. The van der Waals surface area contributed by atoms with E-state index in [0.29, 0.717) is 0 Å². The van der Waals surface area contributed by atoms with Crippen molar-refractivity contribution in [2.24, 2.45) is 0 Å². The number of rotatable bonds is 8. The summed E-state index contributed by atoms with van der Waals surface area (Å²) in [7, 11) is 0. The minimum absolute atomic E-state index is 0.883. The van der Waals surface area contributed by atoms with Gasteiger partial charge in [-0.2, -0.15) is 0 Å². The van der Waals surface area contributed by atoms with Crippen molar-refractivity contribution in [2.75, 3.05) is 13.1 Å². The quantitative estimate of drug-likeness (QED) is 0.728. The van der Waals surface area contributed by atoms with Crippen LogP contribution >= 0.6 is 0 Å². The van der Waals surface area contributed by atoms with Gasteiger partial charge in [-0.1, -0.05) is 43.5 Å². The van der Waals surface area contributed by atoms with Gasteiger partial charge in [0.2, 0.25) is 0 Å². The summed E-state index contributed by atoms with van der Waals surface area (Å²) in [5.74, 6) is 0. The van der Waals surface area contributed by atoms with Crippen molar-refractivity contribution in [3.63, 3.8) is 0 Å². The molecule has 0 atom stereocenters. The lowest BCUT2D eigenvalue weighted by Gasteiger charge is -2.05. The van der Waals surface area contributed by atoms with Crippen LogP contribution in [-0.2, 0) is 6.54 Å². The molecule has 1 N–H and O–H groups in total. The predicted molar refractivity (Wildman–Crippen MR) is 74.5 cm³/mol. The number of aromatic nitrogens is 3. The van der Waals surface area contributed by atoms with E-state index in [1.54, 1.807) is 0 Å². The first-order valence-corrected chi connectivity index (χ1v) is 6.91. The van der Waals surface area contributed by atoms with E-state index in [0.717, 1.165) is 30.7 Å². The van der Waals surface area contributed by atoms with Gasteiger partial charge in [0.05, 0.1) is 12.1 Å². The highest BCUT2D eigenvalue weighted by atomic mass is 15.4. The van der Waals surface area contributed by atoms with Crippen molar-refractivity contribution in [1.82, 2.24) is 20.3 Å². The summed E-state index contributed by atoms with van der Waals surface area (Å²) in [6.07, 6.45) is 5.24. The lowest BCUT2D eigenvalue weighted by atomic mass is 10.2. The number of para-hydroxylation sites is 1. The van der Waals surface area contributed by atoms with Crippen LogP contribution in [0.25, 0.3) is 11.0 Å². The van der Waals surface area contributed by atoms with Gasteiger partial charge in [0.1, 0.15) is 5.52 Å². The number of unbranched alkanes of at least 4 members (excludes halogenated alkanes) is 3. The predicted octanol–water partition coefficient (Wildman–Crippen LogP) is 2.60. The van der Waals surface area contributed by atoms with Crippen LogP contribution in [0, 0.1) is 0 Å². The number of hydrogen-bond acceptors (Lipinski definition) is 3. The highest BCUT2D eigenvalue weighted by Gasteiger charge is 2.01. The maximum atomic E-state index is 4.17. The highest BCUT2D eigenvalue weighted by molar-refractivity contribution is 5.73. The summed E-state index contributed by atoms with van der Waals surface area (Å²) in [5, 5.41) is 11.8. The molecular weight excluding hydrogens is 224 g/mol. The standard InChI is InChI=1S/C14H22N4/c1-2-3-4-7-10-15-11-12-18-14-9-6-5-8-13(14)16-17-18/h5-6,8-9,15H,2-4,7,10-12H2,1H3. The molecule has 2 rings (SSSR count). The minimum Gasteiger partial charge on any atom is -0.315 e. The van der Waals surface area contributed by atoms with Crippen LogP contribution in [-0.4, -0.2) is 28.1 Å². The molecule has 4 heteroatoms. The number of benzene rings is 1. The fraction of sp³-hybridized carbons (Fsp3) is 0.571. The van der Waals surface area contributed by atoms with E-state index >= 15 is 0 Å². The number of nitrogens with one attached hydrogen (secondary N) is 1. The molecule has 1 aromatic carbocycles. The topological polar surface area (TPSA) is 42.7 Å². The maximum absolute atomic E-state index is 4.17. The van der Waals surface area contributed by atoms with Gasteiger partial charge < -0.3 is 5.32 Å². The first-order valence-electron chi connectivity index (χ1n) is 6.91. The van der Waals surface area contributed by atoms with Gasteiger partial charge in [0.25, 0.3) is 0 Å². The Labute approximate surface area is 108 Å². The summed E-state index contributed by atoms with van der Waals surface area (Å²) in [4.78, 5) is 0. The SMILES string of the molecule is CCCCCCNCCn1nnc2ccccc21. The normalized spacial score (nSPS) is 11.2. The van der Waals surface area contributed by atoms with Crippen molar-refractivity contribution in [1.29, 1.82) is 0 Å². The van der Waals surface area contributed by atoms with Gasteiger partial charge in [-0.15, -0.1) is 5.10 Å². The first kappa shape index (κ1) is 13.0. The molecule has 1 aromatic heterocycles. The third kappa shape index (κ3) is 3.53. The highest BCUT2D eigenvalue weighted by Crippen LogP contribution is 2.08. The molecular formula is C14H22N4. The Kier molecular flexibility index (Phi) is 5.15. The van der Waals surface area contributed by atoms with E-state index < -0.39 is 0 Å². The van der Waals surface area contributed by atoms with Gasteiger partial charge in [-0.05, 0) is 25.1 Å². The molecule has 0 aliphatic heterocycles. The van der Waals surface area contributed by atoms with E-state index in [4.69, 9.17) is 0 Å². The number of nitrogens with zero attached hydrogens (tertiary/aromatic N) is 3. The van der Waals surface area contributed by atoms with E-state index in [1.807, 2.05) is 22.9 Å². The van der Waals surface area contributed by atoms with E-state index in [1.165, 1.54) is 25.7 Å². The lowest BCUT2D eigenvalue weighted by molar-refractivity contribution is 0.534. The molecule has 0 saturated carbocycles. The zero-order valence-electron chi connectivity index (χ0n) is 11.1. The molecule has 0 unspecified atom stereocenters. The molecule has 0 bridgehead atoms. The van der Waals surface area contributed by atoms with Gasteiger partial charge in [0, 0.05) is 6.54 Å². The molecule has 4 nitrogen and oxygen atoms in total. The molecule has 0 radical (unpaired) electrons. The summed E-state index contributed by atoms with van der Waals surface area (Å²) in [5.41, 5.74) is 2.09. The molecule has 0 fully saturated rings. The zero-order valence-corrected chi connectivity index (χ0v) is 11.1. The number of hydrogen-bond donors (Lipinski definition) is 1. The zero-order chi connectivity index (χ0) is 12.6. The Hall–Kier alpha value is -1.42. The van der Waals surface area contributed by atoms with Gasteiger partial charge >= 0.3 is 0 Å². The summed E-state index contributed by atoms with van der Waals surface area (Å²) in [6.45, 7) is 5.18. The molecule has 0 spiro atoms. The maximum Gasteiger partial charge on any atom is 0.113 e. The van der Waals surface area contributed by atoms with E-state index in [9.17, 15) is 0 Å². The Balaban J connectivity index is 1.70. The largest absolute Gasteiger partial charge is 0.315 e. The Bertz CT molecular complexity index is 464. The van der Waals surface area contributed by atoms with Crippen molar-refractivity contribution in [3.05, 3.63) is 24.3 Å². The molecule has 2 aromatic rings. The fourth-order valence-electron chi connectivity index (χ4n) is 2.07. The first-order chi connectivity index (χ1) is 8.92. The lowest BCUT2D eigenvalue weighted by Crippen LogP contribution is -2.21. The van der Waals surface area contributed by atoms with Crippen LogP contribution in [0.5, 0.6) is 0 Å². The van der Waals surface area contributed by atoms with Gasteiger partial charge in [0.15, 0.2) is 0 Å². The van der Waals surface area contributed by atoms with Gasteiger partial charge in [-0.25, -0.2) is 4.68 Å². The van der Waals surface area contributed by atoms with Crippen LogP contribution in [0.1, 0.15) is 32.6 Å². The average molecular weight is 246 g/mol. The smallest absolute Gasteiger partial charge is 0.113 e. The third-order valence-electron chi connectivity index (χ3n) is 3.13. The van der Waals surface area contributed by atoms with Crippen LogP contribution in [0.4, 0.5) is 0 Å². The summed E-state index contributed by atoms with van der Waals surface area (Å²) >= 11 is 0. The Morgan fingerprint density at radius 1 is 1.11 bits per heavy atom. The van der Waals surface area contributed by atoms with Gasteiger partial charge in [-0.3, -0.25) is 0 Å².